The number of hydrogen-bond acceptors (Lipinski definition) is 0. The second kappa shape index (κ2) is 3.09. The molecule has 0 rings (SSSR count). The Kier molecular flexibility index (Phi) is 3.52. The molecule has 0 heterocycles. The zero-order chi connectivity index (χ0) is 5.91. The van der Waals surface area contributed by atoms with Crippen LogP contribution in [0.25, 0.3) is 0 Å². The lowest BCUT2D eigenvalue weighted by atomic mass is 10.2. The largest absolute Gasteiger partial charge is 0.436 e. The van der Waals surface area contributed by atoms with E-state index in [0.717, 1.165) is 0 Å². The van der Waals surface area contributed by atoms with Crippen LogP contribution in [0.4, 0.5) is 0 Å². The zero-order valence-corrected chi connectivity index (χ0v) is 7.59. The van der Waals surface area contributed by atoms with Crippen LogP contribution in [-0.4, -0.2) is 32.2 Å². The lowest BCUT2D eigenvalue weighted by Crippen LogP contribution is -1.95. The highest BCUT2D eigenvalue weighted by Gasteiger charge is 2.06. The highest BCUT2D eigenvalue weighted by molar-refractivity contribution is 9.23. The van der Waals surface area contributed by atoms with E-state index in [1.807, 2.05) is 0 Å². The molecule has 0 aliphatic rings. The first kappa shape index (κ1) is 7.97. The van der Waals surface area contributed by atoms with Gasteiger partial charge in [-0.2, -0.15) is 6.10 Å². The van der Waals surface area contributed by atoms with Crippen LogP contribution in [0.3, 0.4) is 0 Å². The van der Waals surface area contributed by atoms with Crippen molar-refractivity contribution in [2.45, 2.75) is 0 Å². The summed E-state index contributed by atoms with van der Waals surface area (Å²) in [5, 5.41) is 0. The van der Waals surface area contributed by atoms with Crippen LogP contribution < -0.4 is 0 Å². The van der Waals surface area contributed by atoms with Gasteiger partial charge >= 0.3 is 0 Å². The first-order valence-corrected chi connectivity index (χ1v) is 6.52. The van der Waals surface area contributed by atoms with Crippen LogP contribution in [0, 0.1) is 0 Å². The Morgan fingerprint density at radius 1 is 1.43 bits per heavy atom. The van der Waals surface area contributed by atoms with E-state index >= 15 is 0 Å². The summed E-state index contributed by atoms with van der Waals surface area (Å²) < 4.78 is 0. The van der Waals surface area contributed by atoms with Gasteiger partial charge in [0.2, 0.25) is 0 Å². The molecule has 3 heteroatoms. The van der Waals surface area contributed by atoms with E-state index in [1.165, 1.54) is 6.06 Å². The van der Waals surface area contributed by atoms with Gasteiger partial charge in [0.25, 0.3) is 0 Å². The van der Waals surface area contributed by atoms with E-state index in [-0.39, 0.29) is 0 Å². The van der Waals surface area contributed by atoms with E-state index in [2.05, 4.69) is 41.9 Å². The Morgan fingerprint density at radius 2 is 1.86 bits per heavy atom. The fraction of sp³-hybridized carbons (Fsp3) is 1.00. The highest BCUT2D eigenvalue weighted by Crippen LogP contribution is 2.45. The van der Waals surface area contributed by atoms with Gasteiger partial charge in [-0.25, -0.2) is 0 Å². The van der Waals surface area contributed by atoms with Crippen molar-refractivity contribution in [3.05, 3.63) is 0 Å². The Bertz CT molecular complexity index is 50.1. The molecule has 0 saturated carbocycles. The van der Waals surface area contributed by atoms with E-state index in [9.17, 15) is 0 Å². The van der Waals surface area contributed by atoms with E-state index in [4.69, 9.17) is 0 Å². The number of hydrogen-bond donors (Lipinski definition) is 0. The second-order valence-corrected chi connectivity index (χ2v) is 8.22. The average molecular weight is 181 g/mol. The maximum Gasteiger partial charge on any atom is 0.0450 e. The summed E-state index contributed by atoms with van der Waals surface area (Å²) in [6, 6.07) is 1.24. The molecule has 0 bridgehead atoms. The van der Waals surface area contributed by atoms with Crippen molar-refractivity contribution in [1.29, 1.82) is 0 Å². The molecular formula is C4H11BBrP. The smallest absolute Gasteiger partial charge is 0.0450 e. The molecular weight excluding hydrogens is 170 g/mol. The first-order chi connectivity index (χ1) is 3.06. The van der Waals surface area contributed by atoms with Crippen molar-refractivity contribution in [2.75, 3.05) is 26.1 Å². The fourth-order valence-electron chi connectivity index (χ4n) is 0.207. The minimum atomic E-state index is -0.518. The van der Waals surface area contributed by atoms with Crippen LogP contribution in [0.5, 0.6) is 0 Å². The molecule has 2 radical (unpaired) electrons. The Balaban J connectivity index is 3.15. The van der Waals surface area contributed by atoms with Crippen molar-refractivity contribution >= 4 is 29.1 Å². The molecule has 0 aromatic rings. The van der Waals surface area contributed by atoms with Crippen molar-refractivity contribution < 1.29 is 0 Å². The van der Waals surface area contributed by atoms with Crippen molar-refractivity contribution in [1.82, 2.24) is 0 Å². The van der Waals surface area contributed by atoms with Crippen LogP contribution in [0.1, 0.15) is 0 Å². The van der Waals surface area contributed by atoms with E-state index in [1.54, 1.807) is 0 Å². The molecule has 0 aliphatic heterocycles. The third-order valence-electron chi connectivity index (χ3n) is 0.617. The van der Waals surface area contributed by atoms with Gasteiger partial charge in [-0.05, 0) is 7.26 Å². The topological polar surface area (TPSA) is 0 Å². The molecule has 0 N–H and O–H groups in total. The van der Waals surface area contributed by atoms with Gasteiger partial charge in [-0.1, -0.05) is 0 Å². The van der Waals surface area contributed by atoms with E-state index < -0.39 is 7.26 Å². The number of rotatable bonds is 2. The number of halogens is 1. The SMILES string of the molecule is C[P+](C)(C)C[B-]Br. The molecule has 0 aromatic heterocycles. The summed E-state index contributed by atoms with van der Waals surface area (Å²) in [5.74, 6) is 0. The predicted octanol–water partition coefficient (Wildman–Crippen LogP) is 1.86. The molecule has 0 aliphatic carbocycles. The molecule has 0 unspecified atom stereocenters. The summed E-state index contributed by atoms with van der Waals surface area (Å²) >= 11 is 3.29. The summed E-state index contributed by atoms with van der Waals surface area (Å²) in [5.41, 5.74) is 0. The Labute approximate surface area is 55.6 Å². The summed E-state index contributed by atoms with van der Waals surface area (Å²) in [6.45, 7) is 6.97. The molecule has 0 spiro atoms. The molecule has 0 amide bonds. The van der Waals surface area contributed by atoms with Gasteiger partial charge in [-0.3, -0.25) is 0 Å². The highest BCUT2D eigenvalue weighted by atomic mass is 79.9. The van der Waals surface area contributed by atoms with Crippen LogP contribution >= 0.6 is 23.0 Å². The molecule has 42 valence electrons. The van der Waals surface area contributed by atoms with Crippen molar-refractivity contribution in [2.24, 2.45) is 0 Å². The van der Waals surface area contributed by atoms with Gasteiger partial charge in [0, 0.05) is 20.0 Å². The average Bonchev–Trinajstić information content (AvgIpc) is 1.30. The quantitative estimate of drug-likeness (QED) is 0.450. The second-order valence-electron chi connectivity index (χ2n) is 2.63. The zero-order valence-electron chi connectivity index (χ0n) is 5.11. The first-order valence-electron chi connectivity index (χ1n) is 2.28. The summed E-state index contributed by atoms with van der Waals surface area (Å²) in [6.07, 6.45) is 2.07. The lowest BCUT2D eigenvalue weighted by molar-refractivity contribution is 1.88. The van der Waals surface area contributed by atoms with Crippen LogP contribution in [-0.2, 0) is 0 Å². The third kappa shape index (κ3) is 6.97. The van der Waals surface area contributed by atoms with Crippen LogP contribution in [0.2, 0.25) is 0 Å². The Hall–Kier alpha value is 0.975. The maximum atomic E-state index is 3.29. The van der Waals surface area contributed by atoms with Gasteiger partial charge < -0.3 is 15.8 Å². The summed E-state index contributed by atoms with van der Waals surface area (Å²) in [4.78, 5) is 0. The van der Waals surface area contributed by atoms with Crippen molar-refractivity contribution in [3.63, 3.8) is 0 Å². The maximum absolute atomic E-state index is 3.29. The van der Waals surface area contributed by atoms with Crippen molar-refractivity contribution in [3.8, 4) is 0 Å². The lowest BCUT2D eigenvalue weighted by Gasteiger charge is -2.16. The molecule has 7 heavy (non-hydrogen) atoms. The van der Waals surface area contributed by atoms with Crippen LogP contribution in [0.15, 0.2) is 0 Å². The summed E-state index contributed by atoms with van der Waals surface area (Å²) in [7, 11) is -0.518. The molecule has 0 saturated heterocycles. The fourth-order valence-corrected chi connectivity index (χ4v) is 3.23. The minimum Gasteiger partial charge on any atom is -0.436 e. The van der Waals surface area contributed by atoms with Gasteiger partial charge in [0.05, 0.1) is 0 Å². The molecule has 0 atom stereocenters. The third-order valence-corrected chi connectivity index (χ3v) is 2.72. The van der Waals surface area contributed by atoms with Gasteiger partial charge in [0.1, 0.15) is 0 Å². The minimum absolute atomic E-state index is 0.518. The van der Waals surface area contributed by atoms with Gasteiger partial charge in [-0.15, -0.1) is 6.06 Å². The molecule has 0 nitrogen and oxygen atoms in total. The predicted molar refractivity (Wildman–Crippen MR) is 44.2 cm³/mol. The molecule has 0 aromatic carbocycles. The van der Waals surface area contributed by atoms with Gasteiger partial charge in [0.15, 0.2) is 0 Å². The Morgan fingerprint density at radius 3 is 1.86 bits per heavy atom. The molecule has 0 fully saturated rings. The monoisotopic (exact) mass is 180 g/mol. The standard InChI is InChI=1S/C4H11BBrP/c1-7(2,3)4-5-6/h4H2,1-3H3. The van der Waals surface area contributed by atoms with E-state index in [0.29, 0.717) is 0 Å². The normalized spacial score (nSPS) is 12.0.